The molecular weight excluding hydrogens is 1400 g/mol. The van der Waals surface area contributed by atoms with E-state index in [9.17, 15) is 57.5 Å². The third-order valence-electron chi connectivity index (χ3n) is 16.5. The normalized spacial score (nSPS) is 13.2. The third kappa shape index (κ3) is 28.7. The number of benzene rings is 3. The molecule has 3 aromatic carbocycles. The van der Waals surface area contributed by atoms with Crippen molar-refractivity contribution in [1.82, 2.24) is 99.2 Å². The molecule has 0 aliphatic heterocycles. The molecule has 35 nitrogen and oxygen atoms in total. The van der Waals surface area contributed by atoms with Gasteiger partial charge in [0.05, 0.1) is 26.3 Å². The maximum atomic E-state index is 14.7. The van der Waals surface area contributed by atoms with Crippen LogP contribution in [0.4, 0.5) is 0 Å². The van der Waals surface area contributed by atoms with Crippen LogP contribution in [0.3, 0.4) is 0 Å². The number of para-hydroxylation sites is 1. The highest BCUT2D eigenvalue weighted by atomic mass is 32.1. The first-order valence-electron chi connectivity index (χ1n) is 34.9. The van der Waals surface area contributed by atoms with Gasteiger partial charge in [0, 0.05) is 103 Å². The summed E-state index contributed by atoms with van der Waals surface area (Å²) in [6.07, 6.45) is 9.05. The Morgan fingerprint density at radius 3 is 1.42 bits per heavy atom. The summed E-state index contributed by atoms with van der Waals surface area (Å²) in [6.45, 7) is 6.11. The molecule has 0 aliphatic carbocycles. The summed E-state index contributed by atoms with van der Waals surface area (Å²) in [5.74, 6) is -9.60. The number of fused-ring (bicyclic) bond motifs is 1. The number of H-pyrrole nitrogens is 1. The summed E-state index contributed by atoms with van der Waals surface area (Å²) in [5.41, 5.74) is 14.8. The van der Waals surface area contributed by atoms with E-state index in [0.717, 1.165) is 22.3 Å². The van der Waals surface area contributed by atoms with Crippen molar-refractivity contribution in [3.05, 3.63) is 145 Å². The monoisotopic (exact) mass is 1500 g/mol. The van der Waals surface area contributed by atoms with Crippen LogP contribution in [0, 0.1) is 16.7 Å². The van der Waals surface area contributed by atoms with Gasteiger partial charge in [-0.25, -0.2) is 0 Å². The Balaban J connectivity index is 1.16. The molecule has 0 aliphatic rings. The van der Waals surface area contributed by atoms with Crippen LogP contribution in [-0.2, 0) is 54.4 Å². The maximum absolute atomic E-state index is 14.7. The first-order valence-corrected chi connectivity index (χ1v) is 35.6. The summed E-state index contributed by atoms with van der Waals surface area (Å²) >= 11 is 4.13. The Morgan fingerprint density at radius 2 is 0.888 bits per heavy atom. The number of nitrogens with one attached hydrogen (secondary N) is 19. The molecule has 576 valence electrons. The van der Waals surface area contributed by atoms with Gasteiger partial charge in [0.2, 0.25) is 59.1 Å². The van der Waals surface area contributed by atoms with Gasteiger partial charge in [0.15, 0.2) is 11.9 Å². The van der Waals surface area contributed by atoms with Gasteiger partial charge in [0.1, 0.15) is 48.3 Å². The van der Waals surface area contributed by atoms with Crippen LogP contribution in [0.15, 0.2) is 128 Å². The van der Waals surface area contributed by atoms with Crippen molar-refractivity contribution in [2.24, 2.45) is 17.4 Å². The van der Waals surface area contributed by atoms with E-state index in [0.29, 0.717) is 22.4 Å². The second-order valence-corrected chi connectivity index (χ2v) is 26.0. The summed E-state index contributed by atoms with van der Waals surface area (Å²) in [7, 11) is 0. The number of thiol groups is 1. The Kier molecular flexibility index (Phi) is 34.2. The molecule has 3 heterocycles. The lowest BCUT2D eigenvalue weighted by Crippen LogP contribution is -2.61. The number of hydrogen-bond donors (Lipinski definition) is 22. The van der Waals surface area contributed by atoms with Crippen molar-refractivity contribution < 1.29 is 57.5 Å². The second-order valence-electron chi connectivity index (χ2n) is 25.5. The number of amides is 12. The van der Waals surface area contributed by atoms with Crippen molar-refractivity contribution >= 4 is 106 Å². The number of aromatic nitrogens is 3. The SMILES string of the molecule is CC(C)C[C@H](NC(=O)[C@H](CNCNC(=O)c1ccc(-n2cccc2)cc1)NC(=O)CNC(=O)[C@H](CCCNC(=N)N)NC(=O)[C@H](C)NC(=O)[C@H](C)NC(=O)Cc1c[nH]c2ccccc12)C(=O)N[C@@H](CCCNC(=N)N)C(=O)N[C@@H](CNCNC(=O)c1ccc(-n2cccc2)cc1)C(=O)N[C@@H](C)C(=O)NCCS. The van der Waals surface area contributed by atoms with Gasteiger partial charge < -0.3 is 100 Å². The topological polar surface area (TPSA) is 523 Å². The number of nitrogens with two attached hydrogens (primary N) is 2. The molecule has 107 heavy (non-hydrogen) atoms. The highest BCUT2D eigenvalue weighted by molar-refractivity contribution is 7.80. The minimum Gasteiger partial charge on any atom is -0.370 e. The zero-order valence-corrected chi connectivity index (χ0v) is 61.2. The Bertz CT molecular complexity index is 3980. The number of carbonyl (C=O) groups excluding carboxylic acids is 12. The van der Waals surface area contributed by atoms with E-state index in [1.54, 1.807) is 68.6 Å². The van der Waals surface area contributed by atoms with Crippen LogP contribution < -0.4 is 96.5 Å². The summed E-state index contributed by atoms with van der Waals surface area (Å²) < 4.78 is 3.72. The van der Waals surface area contributed by atoms with Crippen LogP contribution in [0.2, 0.25) is 0 Å². The lowest BCUT2D eigenvalue weighted by Gasteiger charge is -2.28. The van der Waals surface area contributed by atoms with E-state index in [1.165, 1.54) is 20.8 Å². The number of carbonyl (C=O) groups is 12. The smallest absolute Gasteiger partial charge is 0.252 e. The van der Waals surface area contributed by atoms with Crippen molar-refractivity contribution in [3.8, 4) is 11.4 Å². The molecule has 0 unspecified atom stereocenters. The fraction of sp³-hybridized carbons (Fsp3) is 0.408. The van der Waals surface area contributed by atoms with Crippen LogP contribution in [0.5, 0.6) is 0 Å². The van der Waals surface area contributed by atoms with Gasteiger partial charge in [-0.1, -0.05) is 32.0 Å². The van der Waals surface area contributed by atoms with Gasteiger partial charge in [-0.3, -0.25) is 79.0 Å². The predicted octanol–water partition coefficient (Wildman–Crippen LogP) is -2.08. The molecule has 0 saturated heterocycles. The number of aromatic amines is 1. The molecule has 6 aromatic rings. The molecule has 0 bridgehead atoms. The van der Waals surface area contributed by atoms with E-state index in [-0.39, 0.29) is 95.9 Å². The Labute approximate surface area is 624 Å². The average Bonchev–Trinajstić information content (AvgIpc) is 1.71. The third-order valence-corrected chi connectivity index (χ3v) is 16.7. The highest BCUT2D eigenvalue weighted by Crippen LogP contribution is 2.19. The fourth-order valence-corrected chi connectivity index (χ4v) is 10.9. The van der Waals surface area contributed by atoms with E-state index in [2.05, 4.69) is 103 Å². The zero-order chi connectivity index (χ0) is 78.0. The quantitative estimate of drug-likeness (QED) is 0.00642. The summed E-state index contributed by atoms with van der Waals surface area (Å²) in [4.78, 5) is 169. The van der Waals surface area contributed by atoms with Crippen molar-refractivity contribution in [2.75, 3.05) is 58.4 Å². The van der Waals surface area contributed by atoms with E-state index in [1.807, 2.05) is 82.5 Å². The van der Waals surface area contributed by atoms with E-state index >= 15 is 0 Å². The average molecular weight is 1500 g/mol. The van der Waals surface area contributed by atoms with Gasteiger partial charge in [-0.2, -0.15) is 12.6 Å². The highest BCUT2D eigenvalue weighted by Gasteiger charge is 2.34. The van der Waals surface area contributed by atoms with Gasteiger partial charge in [0.25, 0.3) is 11.8 Å². The van der Waals surface area contributed by atoms with Crippen molar-refractivity contribution in [2.45, 2.75) is 121 Å². The molecule has 0 spiro atoms. The molecule has 12 amide bonds. The number of hydrogen-bond acceptors (Lipinski definition) is 17. The zero-order valence-electron chi connectivity index (χ0n) is 60.3. The van der Waals surface area contributed by atoms with E-state index in [4.69, 9.17) is 22.3 Å². The Hall–Kier alpha value is -11.8. The second kappa shape index (κ2) is 43.5. The Morgan fingerprint density at radius 1 is 0.449 bits per heavy atom. The molecule has 0 fully saturated rings. The minimum absolute atomic E-state index is 0.0384. The number of rotatable bonds is 44. The fourth-order valence-electron chi connectivity index (χ4n) is 10.8. The minimum atomic E-state index is -1.57. The summed E-state index contributed by atoms with van der Waals surface area (Å²) in [6, 6.07) is 17.6. The predicted molar refractivity (Wildman–Crippen MR) is 404 cm³/mol. The van der Waals surface area contributed by atoms with Crippen LogP contribution in [0.25, 0.3) is 22.3 Å². The number of guanidine groups is 2. The molecule has 8 atom stereocenters. The molecule has 23 N–H and O–H groups in total. The molecular formula is C71H99N23O12S. The van der Waals surface area contributed by atoms with Crippen LogP contribution in [0.1, 0.15) is 93.0 Å². The molecule has 3 aromatic heterocycles. The largest absolute Gasteiger partial charge is 0.370 e. The van der Waals surface area contributed by atoms with Crippen LogP contribution in [-0.4, -0.2) is 204 Å². The van der Waals surface area contributed by atoms with Crippen LogP contribution >= 0.6 is 12.6 Å². The van der Waals surface area contributed by atoms with Gasteiger partial charge >= 0.3 is 0 Å². The number of nitrogens with zero attached hydrogens (tertiary/aromatic N) is 2. The molecule has 6 rings (SSSR count). The molecule has 0 radical (unpaired) electrons. The lowest BCUT2D eigenvalue weighted by molar-refractivity contribution is -0.135. The van der Waals surface area contributed by atoms with E-state index < -0.39 is 132 Å². The van der Waals surface area contributed by atoms with Crippen molar-refractivity contribution in [1.29, 1.82) is 10.8 Å². The molecule has 36 heteroatoms. The standard InChI is InChI=1S/C71H99N23O12S/c1-42(2)34-55(67(104)90-54(17-13-27-80-71(74)75)66(103)92-57(68(105)87-43(3)60(97)78-28-33-107)38-77-41-84-64(101)47-20-24-50(25-21-47)94-31-10-11-32-94)91-69(106)56(37-76-40-83-63(100)46-18-22-49(23-19-46)93-29-8-9-30-93)88-59(96)39-82-65(102)53(16-12-26-79-70(72)73)89-62(99)45(5)86-61(98)44(4)85-58(95)35-48-36-81-52-15-7-6-14-51(48)52/h6-11,14-15,18-25,29-32,36,42-45,53-57,76-77,81,107H,12-13,16-17,26-28,33-35,37-41H2,1-5H3,(H,78,97)(H,82,102)(H,83,100)(H,84,101)(H,85,95)(H,86,98)(H,87,105)(H,88,96)(H,89,99)(H,90,104)(H,91,106)(H,92,103)(H4,72,73,79)(H4,74,75,80)/t43-,44-,45-,53-,54-,55-,56-,57-/m0/s1. The maximum Gasteiger partial charge on any atom is 0.252 e. The van der Waals surface area contributed by atoms with Crippen molar-refractivity contribution in [3.63, 3.8) is 0 Å². The first-order chi connectivity index (χ1) is 51.2. The van der Waals surface area contributed by atoms with Gasteiger partial charge in [-0.15, -0.1) is 0 Å². The first kappa shape index (κ1) is 84.2. The summed E-state index contributed by atoms with van der Waals surface area (Å²) in [5, 5.41) is 58.7. The van der Waals surface area contributed by atoms with Gasteiger partial charge in [-0.05, 0) is 143 Å². The molecule has 0 saturated carbocycles. The lowest BCUT2D eigenvalue weighted by atomic mass is 10.0.